The fourth-order valence-corrected chi connectivity index (χ4v) is 6.04. The molecule has 0 fully saturated rings. The molecule has 5 rings (SSSR count). The standard InChI is InChI=1S/C23H24FN3O4S.C9H9BrFNO3S.ClH/c1-32(29,30)27-22-12-15(6-9-19(22)24)23(28)14-25-10-11-31-16-7-8-18-17-4-2-3-5-20(17)26-21(18)13-16;1-16(14,15)12-8-4-6(9(13)5-10)2-3-7(8)11;/h2-9,12-13,23,25-28H,10-11,14H2,1H3;2-4,12H,5H2,1H3;1H. The van der Waals surface area contributed by atoms with E-state index in [-0.39, 0.29) is 47.0 Å². The fourth-order valence-electron chi connectivity index (χ4n) is 4.60. The first-order valence-corrected chi connectivity index (χ1v) is 19.2. The van der Waals surface area contributed by atoms with E-state index in [2.05, 4.69) is 37.0 Å². The van der Waals surface area contributed by atoms with Crippen molar-refractivity contribution in [3.63, 3.8) is 0 Å². The van der Waals surface area contributed by atoms with Gasteiger partial charge in [-0.15, -0.1) is 12.4 Å². The van der Waals surface area contributed by atoms with Crippen molar-refractivity contribution in [2.75, 3.05) is 47.0 Å². The second kappa shape index (κ2) is 17.2. The van der Waals surface area contributed by atoms with E-state index in [9.17, 15) is 35.5 Å². The summed E-state index contributed by atoms with van der Waals surface area (Å²) >= 11 is 2.97. The number of para-hydroxylation sites is 1. The summed E-state index contributed by atoms with van der Waals surface area (Å²) in [7, 11) is -7.18. The number of aromatic amines is 1. The number of nitrogens with one attached hydrogen (secondary N) is 4. The number of carbonyl (C=O) groups excluding carboxylic acids is 1. The van der Waals surface area contributed by atoms with Gasteiger partial charge in [-0.1, -0.05) is 40.2 Å². The van der Waals surface area contributed by atoms with E-state index in [0.29, 0.717) is 18.7 Å². The number of alkyl halides is 1. The van der Waals surface area contributed by atoms with Gasteiger partial charge in [0, 0.05) is 41.0 Å². The number of carbonyl (C=O) groups is 1. The van der Waals surface area contributed by atoms with Crippen molar-refractivity contribution in [3.05, 3.63) is 102 Å². The number of ether oxygens (including phenoxy) is 1. The number of rotatable bonds is 13. The van der Waals surface area contributed by atoms with Gasteiger partial charge >= 0.3 is 0 Å². The Morgan fingerprint density at radius 3 is 2.12 bits per heavy atom. The van der Waals surface area contributed by atoms with Crippen LogP contribution in [0.25, 0.3) is 21.8 Å². The lowest BCUT2D eigenvalue weighted by Crippen LogP contribution is -2.26. The third-order valence-electron chi connectivity index (χ3n) is 6.74. The Morgan fingerprint density at radius 1 is 0.857 bits per heavy atom. The highest BCUT2D eigenvalue weighted by atomic mass is 79.9. The normalized spacial score (nSPS) is 12.0. The van der Waals surface area contributed by atoms with Crippen molar-refractivity contribution in [1.82, 2.24) is 10.3 Å². The Kier molecular flexibility index (Phi) is 13.9. The van der Waals surface area contributed by atoms with Crippen LogP contribution in [0.1, 0.15) is 22.0 Å². The molecule has 4 aromatic carbocycles. The van der Waals surface area contributed by atoms with Gasteiger partial charge in [0.2, 0.25) is 20.0 Å². The average Bonchev–Trinajstić information content (AvgIpc) is 3.39. The Morgan fingerprint density at radius 2 is 1.47 bits per heavy atom. The molecule has 0 bridgehead atoms. The predicted octanol–water partition coefficient (Wildman–Crippen LogP) is 5.73. The van der Waals surface area contributed by atoms with E-state index < -0.39 is 37.8 Å². The molecule has 0 aliphatic rings. The number of benzene rings is 4. The molecule has 5 N–H and O–H groups in total. The molecule has 49 heavy (non-hydrogen) atoms. The molecule has 0 aliphatic carbocycles. The van der Waals surface area contributed by atoms with Crippen molar-refractivity contribution in [1.29, 1.82) is 0 Å². The van der Waals surface area contributed by atoms with E-state index in [0.717, 1.165) is 46.8 Å². The van der Waals surface area contributed by atoms with E-state index >= 15 is 0 Å². The summed E-state index contributed by atoms with van der Waals surface area (Å²) in [4.78, 5) is 14.7. The molecule has 0 aliphatic heterocycles. The molecule has 0 radical (unpaired) electrons. The van der Waals surface area contributed by atoms with Gasteiger partial charge in [0.25, 0.3) is 0 Å². The number of Topliss-reactive ketones (excluding diaryl/α,β-unsaturated/α-hetero) is 1. The number of aromatic nitrogens is 1. The zero-order valence-corrected chi connectivity index (χ0v) is 30.2. The second-order valence-corrected chi connectivity index (χ2v) is 14.7. The Balaban J connectivity index is 0.000000324. The fraction of sp³-hybridized carbons (Fsp3) is 0.219. The van der Waals surface area contributed by atoms with Crippen LogP contribution in [0.5, 0.6) is 5.75 Å². The van der Waals surface area contributed by atoms with Gasteiger partial charge in [-0.25, -0.2) is 25.6 Å². The molecule has 1 atom stereocenters. The van der Waals surface area contributed by atoms with Gasteiger partial charge in [-0.3, -0.25) is 14.2 Å². The molecule has 1 unspecified atom stereocenters. The van der Waals surface area contributed by atoms with Crippen LogP contribution in [0, 0.1) is 11.6 Å². The number of halogens is 4. The van der Waals surface area contributed by atoms with Crippen LogP contribution in [0.15, 0.2) is 78.9 Å². The van der Waals surface area contributed by atoms with Crippen LogP contribution in [0.2, 0.25) is 0 Å². The van der Waals surface area contributed by atoms with E-state index in [1.165, 1.54) is 29.7 Å². The third-order valence-corrected chi connectivity index (χ3v) is 8.43. The zero-order chi connectivity index (χ0) is 35.1. The van der Waals surface area contributed by atoms with Gasteiger partial charge in [0.15, 0.2) is 5.78 Å². The topological polar surface area (TPSA) is 167 Å². The van der Waals surface area contributed by atoms with E-state index in [4.69, 9.17) is 4.74 Å². The van der Waals surface area contributed by atoms with Crippen molar-refractivity contribution in [2.24, 2.45) is 0 Å². The highest BCUT2D eigenvalue weighted by Gasteiger charge is 2.14. The van der Waals surface area contributed by atoms with Crippen LogP contribution in [0.4, 0.5) is 20.2 Å². The number of ketones is 1. The first-order valence-electron chi connectivity index (χ1n) is 14.3. The number of H-pyrrole nitrogens is 1. The molecule has 0 saturated carbocycles. The summed E-state index contributed by atoms with van der Waals surface area (Å²) in [6.45, 7) is 1.08. The van der Waals surface area contributed by atoms with Crippen LogP contribution in [-0.4, -0.2) is 70.2 Å². The maximum atomic E-state index is 13.8. The molecule has 11 nitrogen and oxygen atoms in total. The smallest absolute Gasteiger partial charge is 0.229 e. The molecule has 5 aromatic rings. The number of hydrogen-bond donors (Lipinski definition) is 5. The van der Waals surface area contributed by atoms with Crippen molar-refractivity contribution in [3.8, 4) is 5.75 Å². The molecule has 0 spiro atoms. The minimum Gasteiger partial charge on any atom is -0.492 e. The zero-order valence-electron chi connectivity index (χ0n) is 26.2. The highest BCUT2D eigenvalue weighted by molar-refractivity contribution is 9.09. The molecule has 1 heterocycles. The minimum absolute atomic E-state index is 0. The third kappa shape index (κ3) is 11.6. The lowest BCUT2D eigenvalue weighted by molar-refractivity contribution is 0.102. The number of sulfonamides is 2. The maximum absolute atomic E-state index is 13.8. The molecule has 0 saturated heterocycles. The first-order chi connectivity index (χ1) is 22.6. The van der Waals surface area contributed by atoms with Crippen molar-refractivity contribution in [2.45, 2.75) is 6.10 Å². The molecule has 17 heteroatoms. The van der Waals surface area contributed by atoms with Crippen LogP contribution in [-0.2, 0) is 20.0 Å². The Labute approximate surface area is 297 Å². The lowest BCUT2D eigenvalue weighted by atomic mass is 10.1. The lowest BCUT2D eigenvalue weighted by Gasteiger charge is -2.14. The first kappa shape index (κ1) is 39.6. The summed E-state index contributed by atoms with van der Waals surface area (Å²) in [6, 6.07) is 21.3. The van der Waals surface area contributed by atoms with E-state index in [1.807, 2.05) is 41.1 Å². The average molecular weight is 804 g/mol. The summed E-state index contributed by atoms with van der Waals surface area (Å²) in [6.07, 6.45) is 0.914. The largest absolute Gasteiger partial charge is 0.492 e. The van der Waals surface area contributed by atoms with Gasteiger partial charge in [0.1, 0.15) is 24.0 Å². The summed E-state index contributed by atoms with van der Waals surface area (Å²) in [5.74, 6) is -0.950. The number of hydrogen-bond acceptors (Lipinski definition) is 8. The van der Waals surface area contributed by atoms with Gasteiger partial charge in [0.05, 0.1) is 40.8 Å². The highest BCUT2D eigenvalue weighted by Crippen LogP contribution is 2.28. The monoisotopic (exact) mass is 802 g/mol. The van der Waals surface area contributed by atoms with Crippen molar-refractivity contribution < 1.29 is 40.3 Å². The number of aliphatic hydroxyl groups is 1. The number of fused-ring (bicyclic) bond motifs is 3. The van der Waals surface area contributed by atoms with E-state index in [1.54, 1.807) is 0 Å². The SMILES string of the molecule is CS(=O)(=O)Nc1cc(C(=O)CBr)ccc1F.CS(=O)(=O)Nc1cc(C(O)CNCCOc2ccc3c(c2)[nH]c2ccccc23)ccc1F.Cl. The molecular weight excluding hydrogens is 770 g/mol. The minimum atomic E-state index is -3.62. The summed E-state index contributed by atoms with van der Waals surface area (Å²) in [5, 5.41) is 15.8. The molecular formula is C32H34BrClF2N4O7S2. The number of anilines is 2. The summed E-state index contributed by atoms with van der Waals surface area (Å²) in [5.41, 5.74) is 2.29. The quantitative estimate of drug-likeness (QED) is 0.0572. The predicted molar refractivity (Wildman–Crippen MR) is 194 cm³/mol. The molecule has 1 aromatic heterocycles. The Hall–Kier alpha value is -3.80. The van der Waals surface area contributed by atoms with Gasteiger partial charge in [-0.2, -0.15) is 0 Å². The number of aliphatic hydroxyl groups excluding tert-OH is 1. The molecule has 264 valence electrons. The van der Waals surface area contributed by atoms with Crippen LogP contribution >= 0.6 is 28.3 Å². The second-order valence-electron chi connectivity index (χ2n) is 10.7. The van der Waals surface area contributed by atoms with Gasteiger partial charge < -0.3 is 20.1 Å². The van der Waals surface area contributed by atoms with Crippen LogP contribution in [0.3, 0.4) is 0 Å². The Bertz CT molecular complexity index is 2150. The maximum Gasteiger partial charge on any atom is 0.229 e. The van der Waals surface area contributed by atoms with Crippen molar-refractivity contribution >= 4 is 87.3 Å². The summed E-state index contributed by atoms with van der Waals surface area (Å²) < 4.78 is 81.5. The van der Waals surface area contributed by atoms with Crippen LogP contribution < -0.4 is 19.5 Å². The molecule has 0 amide bonds. The van der Waals surface area contributed by atoms with Gasteiger partial charge in [-0.05, 0) is 54.1 Å².